The molecule has 7 heteroatoms. The minimum Gasteiger partial charge on any atom is -0.392 e. The van der Waals surface area contributed by atoms with Crippen molar-refractivity contribution in [2.24, 2.45) is 0 Å². The summed E-state index contributed by atoms with van der Waals surface area (Å²) in [5, 5.41) is 12.4. The Kier molecular flexibility index (Phi) is 5.36. The second-order valence-corrected chi connectivity index (χ2v) is 6.97. The predicted molar refractivity (Wildman–Crippen MR) is 96.6 cm³/mol. The van der Waals surface area contributed by atoms with Crippen molar-refractivity contribution < 1.29 is 14.7 Å². The quantitative estimate of drug-likeness (QED) is 0.823. The zero-order chi connectivity index (χ0) is 18.0. The molecule has 1 aromatic carbocycles. The van der Waals surface area contributed by atoms with Crippen LogP contribution in [0.3, 0.4) is 0 Å². The van der Waals surface area contributed by atoms with E-state index in [-0.39, 0.29) is 30.5 Å². The van der Waals surface area contributed by atoms with Gasteiger partial charge in [-0.15, -0.1) is 0 Å². The van der Waals surface area contributed by atoms with Crippen LogP contribution >= 0.6 is 0 Å². The van der Waals surface area contributed by atoms with Crippen LogP contribution in [0.15, 0.2) is 24.3 Å². The molecular formula is C18H26N4O3. The number of aliphatic hydroxyl groups is 1. The number of nitrogens with zero attached hydrogens (tertiary/aromatic N) is 3. The van der Waals surface area contributed by atoms with Gasteiger partial charge in [-0.2, -0.15) is 0 Å². The van der Waals surface area contributed by atoms with Crippen molar-refractivity contribution in [1.29, 1.82) is 0 Å². The molecule has 2 N–H and O–H groups in total. The van der Waals surface area contributed by atoms with E-state index in [1.54, 1.807) is 11.8 Å². The lowest BCUT2D eigenvalue weighted by Crippen LogP contribution is -2.56. The number of anilines is 2. The number of nitrogens with one attached hydrogen (secondary N) is 1. The SMILES string of the molecule is CC(O)CN1CCN(CC(=O)N2CC(=O)Nc3ccccc32)CC1C. The van der Waals surface area contributed by atoms with Crippen LogP contribution in [-0.4, -0.2) is 78.1 Å². The number of piperazine rings is 1. The van der Waals surface area contributed by atoms with Gasteiger partial charge >= 0.3 is 0 Å². The number of amides is 2. The third-order valence-corrected chi connectivity index (χ3v) is 4.78. The van der Waals surface area contributed by atoms with Gasteiger partial charge in [0.2, 0.25) is 11.8 Å². The first-order chi connectivity index (χ1) is 11.9. The predicted octanol–water partition coefficient (Wildman–Crippen LogP) is 0.359. The van der Waals surface area contributed by atoms with E-state index >= 15 is 0 Å². The van der Waals surface area contributed by atoms with Gasteiger partial charge in [0.15, 0.2) is 0 Å². The zero-order valence-electron chi connectivity index (χ0n) is 14.8. The molecule has 0 radical (unpaired) electrons. The molecule has 0 bridgehead atoms. The summed E-state index contributed by atoms with van der Waals surface area (Å²) < 4.78 is 0. The molecule has 2 aliphatic heterocycles. The normalized spacial score (nSPS) is 23.1. The van der Waals surface area contributed by atoms with E-state index in [9.17, 15) is 14.7 Å². The van der Waals surface area contributed by atoms with Gasteiger partial charge in [0.1, 0.15) is 6.54 Å². The van der Waals surface area contributed by atoms with Crippen molar-refractivity contribution in [2.45, 2.75) is 26.0 Å². The summed E-state index contributed by atoms with van der Waals surface area (Å²) in [5.74, 6) is -0.222. The van der Waals surface area contributed by atoms with Crippen LogP contribution in [-0.2, 0) is 9.59 Å². The van der Waals surface area contributed by atoms with Crippen molar-refractivity contribution in [3.8, 4) is 0 Å². The molecule has 0 saturated carbocycles. The first-order valence-electron chi connectivity index (χ1n) is 8.77. The van der Waals surface area contributed by atoms with Crippen LogP contribution in [0.2, 0.25) is 0 Å². The smallest absolute Gasteiger partial charge is 0.244 e. The Morgan fingerprint density at radius 3 is 2.84 bits per heavy atom. The number of benzene rings is 1. The molecule has 3 rings (SSSR count). The molecule has 2 amide bonds. The highest BCUT2D eigenvalue weighted by Gasteiger charge is 2.30. The largest absolute Gasteiger partial charge is 0.392 e. The van der Waals surface area contributed by atoms with Crippen molar-refractivity contribution in [3.05, 3.63) is 24.3 Å². The Bertz CT molecular complexity index is 649. The topological polar surface area (TPSA) is 76.1 Å². The summed E-state index contributed by atoms with van der Waals surface area (Å²) in [6.45, 7) is 7.32. The van der Waals surface area contributed by atoms with Crippen molar-refractivity contribution in [2.75, 3.05) is 49.5 Å². The highest BCUT2D eigenvalue weighted by Crippen LogP contribution is 2.29. The number of hydrogen-bond donors (Lipinski definition) is 2. The van der Waals surface area contributed by atoms with Crippen molar-refractivity contribution in [1.82, 2.24) is 9.80 Å². The fourth-order valence-electron chi connectivity index (χ4n) is 3.56. The monoisotopic (exact) mass is 346 g/mol. The molecule has 2 unspecified atom stereocenters. The highest BCUT2D eigenvalue weighted by atomic mass is 16.3. The molecule has 0 aliphatic carbocycles. The average Bonchev–Trinajstić information content (AvgIpc) is 2.56. The molecule has 7 nitrogen and oxygen atoms in total. The Morgan fingerprint density at radius 1 is 1.36 bits per heavy atom. The maximum absolute atomic E-state index is 12.8. The number of carbonyl (C=O) groups excluding carboxylic acids is 2. The number of aliphatic hydroxyl groups excluding tert-OH is 1. The Balaban J connectivity index is 1.63. The van der Waals surface area contributed by atoms with E-state index in [0.717, 1.165) is 25.3 Å². The van der Waals surface area contributed by atoms with Gasteiger partial charge in [-0.05, 0) is 26.0 Å². The van der Waals surface area contributed by atoms with Gasteiger partial charge in [0, 0.05) is 32.2 Å². The number of carbonyl (C=O) groups is 2. The fraction of sp³-hybridized carbons (Fsp3) is 0.556. The summed E-state index contributed by atoms with van der Waals surface area (Å²) in [4.78, 5) is 30.6. The minimum absolute atomic E-state index is 0.0570. The number of β-amino-alcohol motifs (C(OH)–C–C–N with tert-alkyl or cyclic N) is 1. The average molecular weight is 346 g/mol. The van der Waals surface area contributed by atoms with E-state index in [1.165, 1.54) is 0 Å². The number of fused-ring (bicyclic) bond motifs is 1. The lowest BCUT2D eigenvalue weighted by atomic mass is 10.1. The summed E-state index contributed by atoms with van der Waals surface area (Å²) in [5.41, 5.74) is 1.44. The lowest BCUT2D eigenvalue weighted by Gasteiger charge is -2.40. The molecule has 1 aromatic rings. The number of para-hydroxylation sites is 2. The van der Waals surface area contributed by atoms with Crippen LogP contribution < -0.4 is 10.2 Å². The standard InChI is InChI=1S/C18H26N4O3/c1-13-9-20(7-8-21(13)10-14(2)23)12-18(25)22-11-17(24)19-15-5-3-4-6-16(15)22/h3-6,13-14,23H,7-12H2,1-2H3,(H,19,24). The van der Waals surface area contributed by atoms with Crippen LogP contribution in [0, 0.1) is 0 Å². The van der Waals surface area contributed by atoms with E-state index in [2.05, 4.69) is 22.0 Å². The Labute approximate surface area is 148 Å². The maximum Gasteiger partial charge on any atom is 0.244 e. The molecule has 0 spiro atoms. The summed E-state index contributed by atoms with van der Waals surface area (Å²) in [7, 11) is 0. The zero-order valence-corrected chi connectivity index (χ0v) is 14.8. The first kappa shape index (κ1) is 17.8. The molecule has 136 valence electrons. The molecular weight excluding hydrogens is 320 g/mol. The molecule has 25 heavy (non-hydrogen) atoms. The number of hydrogen-bond acceptors (Lipinski definition) is 5. The lowest BCUT2D eigenvalue weighted by molar-refractivity contribution is -0.123. The fourth-order valence-corrected chi connectivity index (χ4v) is 3.56. The Hall–Kier alpha value is -1.96. The van der Waals surface area contributed by atoms with Gasteiger partial charge in [0.25, 0.3) is 0 Å². The van der Waals surface area contributed by atoms with Gasteiger partial charge in [-0.25, -0.2) is 0 Å². The molecule has 2 atom stereocenters. The molecule has 1 saturated heterocycles. The molecule has 1 fully saturated rings. The van der Waals surface area contributed by atoms with Crippen molar-refractivity contribution in [3.63, 3.8) is 0 Å². The highest BCUT2D eigenvalue weighted by molar-refractivity contribution is 6.10. The molecule has 2 aliphatic rings. The first-order valence-corrected chi connectivity index (χ1v) is 8.77. The van der Waals surface area contributed by atoms with Gasteiger partial charge < -0.3 is 10.4 Å². The van der Waals surface area contributed by atoms with E-state index in [4.69, 9.17) is 0 Å². The van der Waals surface area contributed by atoms with Crippen LogP contribution in [0.5, 0.6) is 0 Å². The van der Waals surface area contributed by atoms with Gasteiger partial charge in [-0.1, -0.05) is 12.1 Å². The summed E-state index contributed by atoms with van der Waals surface area (Å²) >= 11 is 0. The van der Waals surface area contributed by atoms with Crippen LogP contribution in [0.1, 0.15) is 13.8 Å². The third-order valence-electron chi connectivity index (χ3n) is 4.78. The van der Waals surface area contributed by atoms with Gasteiger partial charge in [0.05, 0.1) is 24.0 Å². The molecule has 0 aromatic heterocycles. The van der Waals surface area contributed by atoms with Crippen LogP contribution in [0.4, 0.5) is 11.4 Å². The Morgan fingerprint density at radius 2 is 2.12 bits per heavy atom. The maximum atomic E-state index is 12.8. The second-order valence-electron chi connectivity index (χ2n) is 6.97. The van der Waals surface area contributed by atoms with E-state index in [0.29, 0.717) is 18.8 Å². The van der Waals surface area contributed by atoms with E-state index < -0.39 is 0 Å². The van der Waals surface area contributed by atoms with Crippen LogP contribution in [0.25, 0.3) is 0 Å². The molecule has 2 heterocycles. The summed E-state index contributed by atoms with van der Waals surface area (Å²) in [6, 6.07) is 7.66. The van der Waals surface area contributed by atoms with E-state index in [1.807, 2.05) is 24.3 Å². The second kappa shape index (κ2) is 7.51. The number of rotatable bonds is 4. The minimum atomic E-state index is -0.348. The third kappa shape index (κ3) is 4.18. The van der Waals surface area contributed by atoms with Crippen molar-refractivity contribution >= 4 is 23.2 Å². The van der Waals surface area contributed by atoms with Gasteiger partial charge in [-0.3, -0.25) is 24.3 Å². The summed E-state index contributed by atoms with van der Waals surface area (Å²) in [6.07, 6.45) is -0.348.